The molecule has 1 aromatic carbocycles. The van der Waals surface area contributed by atoms with Crippen LogP contribution in [0.2, 0.25) is 0 Å². The number of esters is 1. The van der Waals surface area contributed by atoms with Gasteiger partial charge in [0.2, 0.25) is 0 Å². The molecule has 3 heteroatoms. The third-order valence-corrected chi connectivity index (χ3v) is 2.37. The van der Waals surface area contributed by atoms with Crippen molar-refractivity contribution in [2.24, 2.45) is 0 Å². The highest BCUT2D eigenvalue weighted by Crippen LogP contribution is 2.09. The summed E-state index contributed by atoms with van der Waals surface area (Å²) in [7, 11) is 0. The van der Waals surface area contributed by atoms with Crippen LogP contribution in [0.5, 0.6) is 0 Å². The summed E-state index contributed by atoms with van der Waals surface area (Å²) in [5, 5.41) is 3.23. The van der Waals surface area contributed by atoms with Crippen LogP contribution in [-0.2, 0) is 9.53 Å². The first-order valence-corrected chi connectivity index (χ1v) is 5.79. The van der Waals surface area contributed by atoms with Gasteiger partial charge in [-0.05, 0) is 32.4 Å². The Kier molecular flexibility index (Phi) is 5.27. The molecule has 0 amide bonds. The molecular weight excluding hydrogens is 214 g/mol. The number of benzene rings is 1. The summed E-state index contributed by atoms with van der Waals surface area (Å²) < 4.78 is 4.86. The molecule has 0 aliphatic heterocycles. The maximum absolute atomic E-state index is 11.3. The second-order valence-electron chi connectivity index (χ2n) is 3.87. The second-order valence-corrected chi connectivity index (χ2v) is 3.87. The predicted octanol–water partition coefficient (Wildman–Crippen LogP) is 2.92. The van der Waals surface area contributed by atoms with Crippen molar-refractivity contribution in [2.45, 2.75) is 20.3 Å². The summed E-state index contributed by atoms with van der Waals surface area (Å²) in [6.45, 7) is 8.61. The van der Waals surface area contributed by atoms with E-state index in [4.69, 9.17) is 4.74 Å². The third-order valence-electron chi connectivity index (χ3n) is 2.37. The van der Waals surface area contributed by atoms with Crippen LogP contribution in [-0.4, -0.2) is 19.1 Å². The lowest BCUT2D eigenvalue weighted by Crippen LogP contribution is -2.11. The number of ether oxygens (including phenoxy) is 1. The molecule has 0 saturated carbocycles. The zero-order valence-corrected chi connectivity index (χ0v) is 10.5. The van der Waals surface area contributed by atoms with Crippen LogP contribution in [0.15, 0.2) is 36.4 Å². The minimum atomic E-state index is -0.307. The first kappa shape index (κ1) is 13.3. The largest absolute Gasteiger partial charge is 0.463 e. The molecule has 1 rings (SSSR count). The van der Waals surface area contributed by atoms with E-state index in [1.165, 1.54) is 5.56 Å². The van der Waals surface area contributed by atoms with Crippen molar-refractivity contribution in [2.75, 3.05) is 18.5 Å². The Hall–Kier alpha value is -1.77. The number of anilines is 1. The average molecular weight is 233 g/mol. The summed E-state index contributed by atoms with van der Waals surface area (Å²) in [6.07, 6.45) is 0.590. The Balaban J connectivity index is 2.30. The van der Waals surface area contributed by atoms with Gasteiger partial charge in [-0.15, -0.1) is 0 Å². The highest BCUT2D eigenvalue weighted by atomic mass is 16.5. The van der Waals surface area contributed by atoms with Gasteiger partial charge in [-0.25, -0.2) is 4.79 Å². The molecule has 0 aliphatic rings. The Labute approximate surface area is 102 Å². The number of nitrogens with one attached hydrogen (secondary N) is 1. The van der Waals surface area contributed by atoms with Crippen LogP contribution in [0.1, 0.15) is 18.9 Å². The highest BCUT2D eigenvalue weighted by Gasteiger charge is 2.06. The fourth-order valence-electron chi connectivity index (χ4n) is 1.36. The van der Waals surface area contributed by atoms with E-state index in [0.717, 1.165) is 5.69 Å². The average Bonchev–Trinajstić information content (AvgIpc) is 2.32. The van der Waals surface area contributed by atoms with Crippen molar-refractivity contribution >= 4 is 11.7 Å². The lowest BCUT2D eigenvalue weighted by molar-refractivity contribution is -0.138. The number of carbonyl (C=O) groups excluding carboxylic acids is 1. The van der Waals surface area contributed by atoms with Crippen LogP contribution >= 0.6 is 0 Å². The van der Waals surface area contributed by atoms with E-state index in [1.807, 2.05) is 31.2 Å². The quantitative estimate of drug-likeness (QED) is 0.606. The Morgan fingerprint density at radius 2 is 2.00 bits per heavy atom. The molecule has 0 unspecified atom stereocenters. The summed E-state index contributed by atoms with van der Waals surface area (Å²) in [4.78, 5) is 11.3. The molecule has 3 nitrogen and oxygen atoms in total. The number of carbonyl (C=O) groups is 1. The fourth-order valence-corrected chi connectivity index (χ4v) is 1.36. The van der Waals surface area contributed by atoms with Gasteiger partial charge in [0.25, 0.3) is 0 Å². The number of hydrogen-bond acceptors (Lipinski definition) is 3. The minimum Gasteiger partial charge on any atom is -0.463 e. The first-order chi connectivity index (χ1) is 8.13. The second kappa shape index (κ2) is 6.74. The fraction of sp³-hybridized carbons (Fsp3) is 0.357. The SMILES string of the molecule is C=C(CCNc1ccc(C)cc1)C(=O)OCC. The lowest BCUT2D eigenvalue weighted by atomic mass is 10.2. The van der Waals surface area contributed by atoms with Gasteiger partial charge < -0.3 is 10.1 Å². The van der Waals surface area contributed by atoms with E-state index in [1.54, 1.807) is 6.92 Å². The van der Waals surface area contributed by atoms with Gasteiger partial charge in [-0.1, -0.05) is 24.3 Å². The first-order valence-electron chi connectivity index (χ1n) is 5.79. The molecule has 0 spiro atoms. The summed E-state index contributed by atoms with van der Waals surface area (Å²) in [5.74, 6) is -0.307. The molecule has 0 fully saturated rings. The van der Waals surface area contributed by atoms with Crippen LogP contribution < -0.4 is 5.32 Å². The molecule has 0 aliphatic carbocycles. The monoisotopic (exact) mass is 233 g/mol. The van der Waals surface area contributed by atoms with Crippen molar-refractivity contribution in [3.63, 3.8) is 0 Å². The van der Waals surface area contributed by atoms with E-state index >= 15 is 0 Å². The minimum absolute atomic E-state index is 0.307. The molecule has 0 aromatic heterocycles. The molecule has 0 saturated heterocycles. The molecule has 0 atom stereocenters. The number of hydrogen-bond donors (Lipinski definition) is 1. The third kappa shape index (κ3) is 4.72. The van der Waals surface area contributed by atoms with Gasteiger partial charge in [0.15, 0.2) is 0 Å². The molecule has 1 aromatic rings. The molecular formula is C14H19NO2. The summed E-state index contributed by atoms with van der Waals surface area (Å²) in [5.41, 5.74) is 2.78. The van der Waals surface area contributed by atoms with Crippen molar-refractivity contribution in [1.82, 2.24) is 0 Å². The summed E-state index contributed by atoms with van der Waals surface area (Å²) >= 11 is 0. The molecule has 0 bridgehead atoms. The number of aryl methyl sites for hydroxylation is 1. The highest BCUT2D eigenvalue weighted by molar-refractivity contribution is 5.87. The standard InChI is InChI=1S/C14H19NO2/c1-4-17-14(16)12(3)9-10-15-13-7-5-11(2)6-8-13/h5-8,15H,3-4,9-10H2,1-2H3. The van der Waals surface area contributed by atoms with Crippen LogP contribution in [0.25, 0.3) is 0 Å². The van der Waals surface area contributed by atoms with Crippen LogP contribution in [0.3, 0.4) is 0 Å². The Morgan fingerprint density at radius 1 is 1.35 bits per heavy atom. The van der Waals surface area contributed by atoms with Crippen molar-refractivity contribution in [1.29, 1.82) is 0 Å². The van der Waals surface area contributed by atoms with Crippen molar-refractivity contribution in [3.8, 4) is 0 Å². The topological polar surface area (TPSA) is 38.3 Å². The van der Waals surface area contributed by atoms with E-state index < -0.39 is 0 Å². The normalized spacial score (nSPS) is 9.76. The molecule has 17 heavy (non-hydrogen) atoms. The predicted molar refractivity (Wildman–Crippen MR) is 70.1 cm³/mol. The van der Waals surface area contributed by atoms with Gasteiger partial charge in [0, 0.05) is 17.8 Å². The lowest BCUT2D eigenvalue weighted by Gasteiger charge is -2.08. The Morgan fingerprint density at radius 3 is 2.59 bits per heavy atom. The molecule has 1 N–H and O–H groups in total. The van der Waals surface area contributed by atoms with Gasteiger partial charge in [-0.3, -0.25) is 0 Å². The Bertz CT molecular complexity index is 382. The van der Waals surface area contributed by atoms with Crippen LogP contribution in [0.4, 0.5) is 5.69 Å². The summed E-state index contributed by atoms with van der Waals surface area (Å²) in [6, 6.07) is 8.12. The van der Waals surface area contributed by atoms with Gasteiger partial charge in [0.05, 0.1) is 6.61 Å². The van der Waals surface area contributed by atoms with E-state index in [2.05, 4.69) is 11.9 Å². The van der Waals surface area contributed by atoms with Crippen molar-refractivity contribution < 1.29 is 9.53 Å². The smallest absolute Gasteiger partial charge is 0.333 e. The van der Waals surface area contributed by atoms with Gasteiger partial charge in [-0.2, -0.15) is 0 Å². The number of rotatable bonds is 6. The van der Waals surface area contributed by atoms with E-state index in [-0.39, 0.29) is 5.97 Å². The van der Waals surface area contributed by atoms with Gasteiger partial charge >= 0.3 is 5.97 Å². The maximum atomic E-state index is 11.3. The molecule has 92 valence electrons. The zero-order valence-electron chi connectivity index (χ0n) is 10.5. The maximum Gasteiger partial charge on any atom is 0.333 e. The van der Waals surface area contributed by atoms with E-state index in [9.17, 15) is 4.79 Å². The van der Waals surface area contributed by atoms with Gasteiger partial charge in [0.1, 0.15) is 0 Å². The molecule has 0 radical (unpaired) electrons. The van der Waals surface area contributed by atoms with Crippen molar-refractivity contribution in [3.05, 3.63) is 42.0 Å². The van der Waals surface area contributed by atoms with Crippen LogP contribution in [0, 0.1) is 6.92 Å². The molecule has 0 heterocycles. The van der Waals surface area contributed by atoms with E-state index in [0.29, 0.717) is 25.1 Å². The zero-order chi connectivity index (χ0) is 12.7.